The van der Waals surface area contributed by atoms with Crippen LogP contribution in [-0.2, 0) is 0 Å². The van der Waals surface area contributed by atoms with Gasteiger partial charge in [-0.15, -0.1) is 0 Å². The number of hydrogen-bond acceptors (Lipinski definition) is 2. The molecule has 17 heavy (non-hydrogen) atoms. The molecule has 1 aromatic heterocycles. The maximum Gasteiger partial charge on any atom is 0.252 e. The van der Waals surface area contributed by atoms with Crippen molar-refractivity contribution in [1.29, 1.82) is 0 Å². The van der Waals surface area contributed by atoms with Crippen LogP contribution >= 0.6 is 0 Å². The van der Waals surface area contributed by atoms with E-state index in [4.69, 9.17) is 0 Å². The second-order valence-electron chi connectivity index (χ2n) is 4.79. The standard InChI is InChI=1S/C13H20N2O2/c1-9(2)4-5-10(3)15-13(17)11-6-7-12(16)14-8-11/h6-10H,4-5H2,1-3H3,(H,14,16)(H,15,17). The summed E-state index contributed by atoms with van der Waals surface area (Å²) in [7, 11) is 0. The second kappa shape index (κ2) is 6.23. The number of aromatic amines is 1. The molecular formula is C13H20N2O2. The molecule has 94 valence electrons. The van der Waals surface area contributed by atoms with E-state index in [-0.39, 0.29) is 17.5 Å². The first-order chi connectivity index (χ1) is 7.99. The van der Waals surface area contributed by atoms with Crippen LogP contribution in [0.5, 0.6) is 0 Å². The molecule has 0 fully saturated rings. The Morgan fingerprint density at radius 3 is 2.53 bits per heavy atom. The molecular weight excluding hydrogens is 216 g/mol. The lowest BCUT2D eigenvalue weighted by Gasteiger charge is -2.14. The molecule has 0 aromatic carbocycles. The monoisotopic (exact) mass is 236 g/mol. The third kappa shape index (κ3) is 4.85. The number of carbonyl (C=O) groups excluding carboxylic acids is 1. The van der Waals surface area contributed by atoms with E-state index in [0.29, 0.717) is 11.5 Å². The highest BCUT2D eigenvalue weighted by molar-refractivity contribution is 5.93. The molecule has 1 aromatic rings. The number of amides is 1. The van der Waals surface area contributed by atoms with Crippen LogP contribution < -0.4 is 10.9 Å². The van der Waals surface area contributed by atoms with E-state index in [1.165, 1.54) is 18.3 Å². The summed E-state index contributed by atoms with van der Waals surface area (Å²) in [4.78, 5) is 25.1. The van der Waals surface area contributed by atoms with E-state index in [0.717, 1.165) is 12.8 Å². The van der Waals surface area contributed by atoms with Crippen LogP contribution in [0.15, 0.2) is 23.1 Å². The summed E-state index contributed by atoms with van der Waals surface area (Å²) in [6.07, 6.45) is 3.49. The van der Waals surface area contributed by atoms with E-state index in [2.05, 4.69) is 24.1 Å². The lowest BCUT2D eigenvalue weighted by atomic mass is 10.0. The predicted octanol–water partition coefficient (Wildman–Crippen LogP) is 1.93. The van der Waals surface area contributed by atoms with Gasteiger partial charge >= 0.3 is 0 Å². The van der Waals surface area contributed by atoms with Crippen LogP contribution in [0.3, 0.4) is 0 Å². The number of nitrogens with one attached hydrogen (secondary N) is 2. The lowest BCUT2D eigenvalue weighted by Crippen LogP contribution is -2.33. The Labute approximate surface area is 101 Å². The van der Waals surface area contributed by atoms with Crippen LogP contribution in [0.4, 0.5) is 0 Å². The largest absolute Gasteiger partial charge is 0.350 e. The van der Waals surface area contributed by atoms with Crippen LogP contribution in [0, 0.1) is 5.92 Å². The predicted molar refractivity (Wildman–Crippen MR) is 68.1 cm³/mol. The molecule has 0 aliphatic heterocycles. The molecule has 0 saturated carbocycles. The van der Waals surface area contributed by atoms with Crippen LogP contribution in [0.1, 0.15) is 44.0 Å². The summed E-state index contributed by atoms with van der Waals surface area (Å²) >= 11 is 0. The number of pyridine rings is 1. The number of H-pyrrole nitrogens is 1. The molecule has 0 radical (unpaired) electrons. The zero-order valence-electron chi connectivity index (χ0n) is 10.6. The molecule has 1 heterocycles. The number of hydrogen-bond donors (Lipinski definition) is 2. The van der Waals surface area contributed by atoms with E-state index in [1.807, 2.05) is 6.92 Å². The molecule has 4 nitrogen and oxygen atoms in total. The van der Waals surface area contributed by atoms with E-state index in [1.54, 1.807) is 0 Å². The van der Waals surface area contributed by atoms with Crippen molar-refractivity contribution in [2.45, 2.75) is 39.7 Å². The van der Waals surface area contributed by atoms with Crippen molar-refractivity contribution in [3.63, 3.8) is 0 Å². The second-order valence-corrected chi connectivity index (χ2v) is 4.79. The maximum absolute atomic E-state index is 11.8. The number of carbonyl (C=O) groups is 1. The quantitative estimate of drug-likeness (QED) is 0.820. The first kappa shape index (κ1) is 13.5. The highest BCUT2D eigenvalue weighted by Gasteiger charge is 2.10. The van der Waals surface area contributed by atoms with Gasteiger partial charge < -0.3 is 10.3 Å². The molecule has 1 atom stereocenters. The van der Waals surface area contributed by atoms with Gasteiger partial charge in [0, 0.05) is 18.3 Å². The fourth-order valence-corrected chi connectivity index (χ4v) is 1.51. The fourth-order valence-electron chi connectivity index (χ4n) is 1.51. The summed E-state index contributed by atoms with van der Waals surface area (Å²) in [6.45, 7) is 6.32. The molecule has 4 heteroatoms. The van der Waals surface area contributed by atoms with Crippen molar-refractivity contribution in [2.75, 3.05) is 0 Å². The zero-order valence-corrected chi connectivity index (χ0v) is 10.6. The molecule has 1 unspecified atom stereocenters. The van der Waals surface area contributed by atoms with Gasteiger partial charge in [-0.1, -0.05) is 13.8 Å². The van der Waals surface area contributed by atoms with Crippen LogP contribution in [0.25, 0.3) is 0 Å². The van der Waals surface area contributed by atoms with Gasteiger partial charge in [0.05, 0.1) is 5.56 Å². The normalized spacial score (nSPS) is 12.5. The number of aromatic nitrogens is 1. The molecule has 0 aliphatic rings. The minimum absolute atomic E-state index is 0.141. The first-order valence-electron chi connectivity index (χ1n) is 5.98. The van der Waals surface area contributed by atoms with E-state index < -0.39 is 0 Å². The van der Waals surface area contributed by atoms with E-state index in [9.17, 15) is 9.59 Å². The SMILES string of the molecule is CC(C)CCC(C)NC(=O)c1ccc(=O)[nH]c1. The summed E-state index contributed by atoms with van der Waals surface area (Å²) in [5.41, 5.74) is 0.287. The Morgan fingerprint density at radius 2 is 2.00 bits per heavy atom. The molecule has 0 bridgehead atoms. The van der Waals surface area contributed by atoms with Crippen molar-refractivity contribution in [3.8, 4) is 0 Å². The molecule has 1 rings (SSSR count). The Kier molecular flexibility index (Phi) is 4.94. The smallest absolute Gasteiger partial charge is 0.252 e. The Hall–Kier alpha value is -1.58. The van der Waals surface area contributed by atoms with Crippen molar-refractivity contribution < 1.29 is 4.79 Å². The Morgan fingerprint density at radius 1 is 1.29 bits per heavy atom. The third-order valence-electron chi connectivity index (χ3n) is 2.60. The van der Waals surface area contributed by atoms with E-state index >= 15 is 0 Å². The van der Waals surface area contributed by atoms with Gasteiger partial charge in [-0.25, -0.2) is 0 Å². The zero-order chi connectivity index (χ0) is 12.8. The summed E-state index contributed by atoms with van der Waals surface area (Å²) in [5.74, 6) is 0.500. The highest BCUT2D eigenvalue weighted by Crippen LogP contribution is 2.07. The lowest BCUT2D eigenvalue weighted by molar-refractivity contribution is 0.0937. The Bertz CT molecular complexity index is 403. The third-order valence-corrected chi connectivity index (χ3v) is 2.60. The molecule has 1 amide bonds. The summed E-state index contributed by atoms with van der Waals surface area (Å²) in [5, 5.41) is 2.91. The van der Waals surface area contributed by atoms with Gasteiger partial charge in [0.25, 0.3) is 5.91 Å². The van der Waals surface area contributed by atoms with Crippen molar-refractivity contribution in [2.24, 2.45) is 5.92 Å². The summed E-state index contributed by atoms with van der Waals surface area (Å²) in [6, 6.07) is 3.04. The van der Waals surface area contributed by atoms with Crippen molar-refractivity contribution >= 4 is 5.91 Å². The van der Waals surface area contributed by atoms with Gasteiger partial charge in [0.2, 0.25) is 5.56 Å². The van der Waals surface area contributed by atoms with Gasteiger partial charge in [-0.3, -0.25) is 9.59 Å². The van der Waals surface area contributed by atoms with Crippen LogP contribution in [0.2, 0.25) is 0 Å². The van der Waals surface area contributed by atoms with Crippen LogP contribution in [-0.4, -0.2) is 16.9 Å². The van der Waals surface area contributed by atoms with Gasteiger partial charge in [-0.2, -0.15) is 0 Å². The molecule has 0 saturated heterocycles. The molecule has 0 aliphatic carbocycles. The average molecular weight is 236 g/mol. The average Bonchev–Trinajstić information content (AvgIpc) is 2.27. The van der Waals surface area contributed by atoms with Gasteiger partial charge in [0.15, 0.2) is 0 Å². The number of rotatable bonds is 5. The first-order valence-corrected chi connectivity index (χ1v) is 5.98. The molecule has 0 spiro atoms. The summed E-state index contributed by atoms with van der Waals surface area (Å²) < 4.78 is 0. The van der Waals surface area contributed by atoms with Crippen molar-refractivity contribution in [1.82, 2.24) is 10.3 Å². The van der Waals surface area contributed by atoms with Gasteiger partial charge in [0.1, 0.15) is 0 Å². The minimum atomic E-state index is -0.200. The Balaban J connectivity index is 2.48. The maximum atomic E-state index is 11.8. The highest BCUT2D eigenvalue weighted by atomic mass is 16.1. The minimum Gasteiger partial charge on any atom is -0.350 e. The topological polar surface area (TPSA) is 62.0 Å². The fraction of sp³-hybridized carbons (Fsp3) is 0.538. The van der Waals surface area contributed by atoms with Gasteiger partial charge in [-0.05, 0) is 31.7 Å². The van der Waals surface area contributed by atoms with Crippen molar-refractivity contribution in [3.05, 3.63) is 34.2 Å². The molecule has 2 N–H and O–H groups in total.